The fourth-order valence-electron chi connectivity index (χ4n) is 8.71. The first-order valence-corrected chi connectivity index (χ1v) is 20.6. The lowest BCUT2D eigenvalue weighted by Gasteiger charge is -2.14. The Labute approximate surface area is 356 Å². The molecule has 12 rings (SSSR count). The summed E-state index contributed by atoms with van der Waals surface area (Å²) in [6.07, 6.45) is 0. The predicted octanol–water partition coefficient (Wildman–Crippen LogP) is 12.6. The van der Waals surface area contributed by atoms with E-state index in [0.29, 0.717) is 34.9 Å². The molecule has 0 aliphatic rings. The molecular weight excluding hydrogens is 761 g/mol. The van der Waals surface area contributed by atoms with Gasteiger partial charge in [-0.2, -0.15) is 0 Å². The maximum atomic E-state index is 5.29. The number of aromatic nitrogens is 8. The number of rotatable bonds is 7. The molecule has 4 heterocycles. The molecule has 0 fully saturated rings. The average molecular weight is 795 g/mol. The predicted molar refractivity (Wildman–Crippen MR) is 249 cm³/mol. The Morgan fingerprint density at radius 1 is 0.242 bits per heavy atom. The monoisotopic (exact) mass is 794 g/mol. The van der Waals surface area contributed by atoms with Crippen LogP contribution in [-0.2, 0) is 0 Å². The van der Waals surface area contributed by atoms with Crippen LogP contribution in [0.15, 0.2) is 206 Å². The average Bonchev–Trinajstić information content (AvgIpc) is 3.88. The van der Waals surface area contributed by atoms with E-state index in [9.17, 15) is 0 Å². The number of fused-ring (bicyclic) bond motifs is 6. The van der Waals surface area contributed by atoms with Crippen LogP contribution in [0.1, 0.15) is 0 Å². The van der Waals surface area contributed by atoms with Crippen molar-refractivity contribution >= 4 is 43.6 Å². The van der Waals surface area contributed by atoms with Gasteiger partial charge in [0.15, 0.2) is 23.3 Å². The van der Waals surface area contributed by atoms with Gasteiger partial charge in [-0.25, -0.2) is 29.9 Å². The zero-order valence-electron chi connectivity index (χ0n) is 33.2. The van der Waals surface area contributed by atoms with Crippen molar-refractivity contribution in [2.75, 3.05) is 0 Å². The molecular formula is C54H34N8. The van der Waals surface area contributed by atoms with Crippen molar-refractivity contribution in [2.24, 2.45) is 0 Å². The third kappa shape index (κ3) is 5.84. The van der Waals surface area contributed by atoms with E-state index in [-0.39, 0.29) is 0 Å². The maximum absolute atomic E-state index is 5.29. The molecule has 62 heavy (non-hydrogen) atoms. The standard InChI is InChI=1S/C54H34N8/c1-5-19-35(20-6-1)49-55-51(43-31-17-29-41-39-27-13-15-33-45(39)61(47(41)43)37-23-9-3-10-24-37)59-53(57-49)54-58-50(36-21-7-2-8-22-36)56-52(60-54)44-32-18-30-42-40-28-14-16-34-46(40)62(48(42)44)38-25-11-4-12-26-38/h1-34H. The summed E-state index contributed by atoms with van der Waals surface area (Å²) in [5.41, 5.74) is 9.68. The first kappa shape index (κ1) is 35.3. The van der Waals surface area contributed by atoms with Gasteiger partial charge in [-0.15, -0.1) is 0 Å². The number of hydrogen-bond acceptors (Lipinski definition) is 6. The third-order valence-electron chi connectivity index (χ3n) is 11.4. The number of hydrogen-bond donors (Lipinski definition) is 0. The van der Waals surface area contributed by atoms with E-state index in [0.717, 1.165) is 77.2 Å². The summed E-state index contributed by atoms with van der Waals surface area (Å²) in [4.78, 5) is 31.3. The van der Waals surface area contributed by atoms with E-state index in [1.54, 1.807) is 0 Å². The molecule has 0 unspecified atom stereocenters. The van der Waals surface area contributed by atoms with Crippen LogP contribution in [0.25, 0.3) is 112 Å². The number of para-hydroxylation sites is 6. The summed E-state index contributed by atoms with van der Waals surface area (Å²) in [7, 11) is 0. The van der Waals surface area contributed by atoms with Crippen LogP contribution in [-0.4, -0.2) is 39.0 Å². The van der Waals surface area contributed by atoms with Crippen molar-refractivity contribution in [1.29, 1.82) is 0 Å². The third-order valence-corrected chi connectivity index (χ3v) is 11.4. The van der Waals surface area contributed by atoms with Crippen molar-refractivity contribution in [1.82, 2.24) is 39.0 Å². The minimum Gasteiger partial charge on any atom is -0.309 e. The van der Waals surface area contributed by atoms with E-state index in [1.807, 2.05) is 72.8 Å². The molecule has 12 aromatic rings. The van der Waals surface area contributed by atoms with Crippen LogP contribution < -0.4 is 0 Å². The van der Waals surface area contributed by atoms with E-state index in [1.165, 1.54) is 0 Å². The lowest BCUT2D eigenvalue weighted by molar-refractivity contribution is 1.00. The molecule has 0 saturated carbocycles. The highest BCUT2D eigenvalue weighted by molar-refractivity contribution is 6.14. The Morgan fingerprint density at radius 3 is 0.984 bits per heavy atom. The van der Waals surface area contributed by atoms with Crippen molar-refractivity contribution in [2.45, 2.75) is 0 Å². The zero-order valence-corrected chi connectivity index (χ0v) is 33.2. The van der Waals surface area contributed by atoms with Gasteiger partial charge in [0.1, 0.15) is 0 Å². The van der Waals surface area contributed by atoms with Gasteiger partial charge in [0.05, 0.1) is 22.1 Å². The molecule has 0 amide bonds. The quantitative estimate of drug-likeness (QED) is 0.160. The Morgan fingerprint density at radius 2 is 0.565 bits per heavy atom. The first-order valence-electron chi connectivity index (χ1n) is 20.6. The lowest BCUT2D eigenvalue weighted by atomic mass is 10.1. The second-order valence-corrected chi connectivity index (χ2v) is 15.1. The molecule has 0 atom stereocenters. The van der Waals surface area contributed by atoms with Gasteiger partial charge in [-0.05, 0) is 48.5 Å². The molecule has 0 N–H and O–H groups in total. The van der Waals surface area contributed by atoms with E-state index >= 15 is 0 Å². The SMILES string of the molecule is c1ccc(-c2nc(-c3nc(-c4ccccc4)nc(-c4cccc5c6ccccc6n(-c6ccccc6)c45)n3)nc(-c3cccc4c5ccccc5n(-c5ccccc5)c34)n2)cc1. The second-order valence-electron chi connectivity index (χ2n) is 15.1. The molecule has 8 aromatic carbocycles. The summed E-state index contributed by atoms with van der Waals surface area (Å²) in [5, 5.41) is 4.48. The van der Waals surface area contributed by atoms with Crippen molar-refractivity contribution < 1.29 is 0 Å². The Kier molecular flexibility index (Phi) is 8.31. The van der Waals surface area contributed by atoms with Gasteiger partial charge in [0.25, 0.3) is 0 Å². The van der Waals surface area contributed by atoms with Gasteiger partial charge < -0.3 is 9.13 Å². The van der Waals surface area contributed by atoms with E-state index < -0.39 is 0 Å². The first-order chi connectivity index (χ1) is 30.8. The van der Waals surface area contributed by atoms with Gasteiger partial charge in [0, 0.05) is 55.2 Å². The van der Waals surface area contributed by atoms with E-state index in [4.69, 9.17) is 29.9 Å². The van der Waals surface area contributed by atoms with Gasteiger partial charge >= 0.3 is 0 Å². The fourth-order valence-corrected chi connectivity index (χ4v) is 8.71. The van der Waals surface area contributed by atoms with Crippen LogP contribution >= 0.6 is 0 Å². The lowest BCUT2D eigenvalue weighted by Crippen LogP contribution is -2.06. The van der Waals surface area contributed by atoms with Crippen LogP contribution in [0.4, 0.5) is 0 Å². The summed E-state index contributed by atoms with van der Waals surface area (Å²) >= 11 is 0. The van der Waals surface area contributed by atoms with Crippen LogP contribution in [0.2, 0.25) is 0 Å². The van der Waals surface area contributed by atoms with Crippen LogP contribution in [0, 0.1) is 0 Å². The smallest absolute Gasteiger partial charge is 0.202 e. The van der Waals surface area contributed by atoms with Crippen molar-refractivity contribution in [3.05, 3.63) is 206 Å². The highest BCUT2D eigenvalue weighted by atomic mass is 15.1. The molecule has 0 aliphatic carbocycles. The summed E-state index contributed by atoms with van der Waals surface area (Å²) in [6.45, 7) is 0. The molecule has 0 radical (unpaired) electrons. The fraction of sp³-hybridized carbons (Fsp3) is 0. The van der Waals surface area contributed by atoms with Crippen molar-refractivity contribution in [3.8, 4) is 68.6 Å². The second kappa shape index (κ2) is 14.6. The number of benzene rings is 8. The van der Waals surface area contributed by atoms with Crippen LogP contribution in [0.3, 0.4) is 0 Å². The largest absolute Gasteiger partial charge is 0.309 e. The number of nitrogens with zero attached hydrogens (tertiary/aromatic N) is 8. The van der Waals surface area contributed by atoms with Crippen molar-refractivity contribution in [3.63, 3.8) is 0 Å². The summed E-state index contributed by atoms with van der Waals surface area (Å²) in [6, 6.07) is 70.5. The minimum atomic E-state index is 0.338. The molecule has 8 nitrogen and oxygen atoms in total. The Balaban J connectivity index is 1.15. The Bertz CT molecular complexity index is 3380. The zero-order chi connectivity index (χ0) is 41.0. The molecule has 290 valence electrons. The van der Waals surface area contributed by atoms with E-state index in [2.05, 4.69) is 143 Å². The molecule has 0 saturated heterocycles. The summed E-state index contributed by atoms with van der Waals surface area (Å²) < 4.78 is 4.60. The molecule has 8 heteroatoms. The van der Waals surface area contributed by atoms with Crippen LogP contribution in [0.5, 0.6) is 0 Å². The minimum absolute atomic E-state index is 0.338. The highest BCUT2D eigenvalue weighted by Gasteiger charge is 2.24. The van der Waals surface area contributed by atoms with Gasteiger partial charge in [-0.3, -0.25) is 0 Å². The van der Waals surface area contributed by atoms with Gasteiger partial charge in [-0.1, -0.05) is 158 Å². The normalized spacial score (nSPS) is 11.5. The molecule has 4 aromatic heterocycles. The topological polar surface area (TPSA) is 87.2 Å². The molecule has 0 spiro atoms. The Hall–Kier alpha value is -8.62. The molecule has 0 bridgehead atoms. The maximum Gasteiger partial charge on any atom is 0.202 e. The molecule has 0 aliphatic heterocycles. The van der Waals surface area contributed by atoms with Gasteiger partial charge in [0.2, 0.25) is 11.6 Å². The highest BCUT2D eigenvalue weighted by Crippen LogP contribution is 2.40. The summed E-state index contributed by atoms with van der Waals surface area (Å²) in [5.74, 6) is 2.72.